The monoisotopic (exact) mass is 618 g/mol. The molecule has 5 aromatic rings. The van der Waals surface area contributed by atoms with E-state index in [1.165, 1.54) is 11.3 Å². The van der Waals surface area contributed by atoms with E-state index in [1.54, 1.807) is 23.3 Å². The molecule has 6 rings (SSSR count). The molecule has 0 spiro atoms. The molecule has 220 valence electrons. The first-order chi connectivity index (χ1) is 21.5. The van der Waals surface area contributed by atoms with Gasteiger partial charge in [0.05, 0.1) is 21.8 Å². The third kappa shape index (κ3) is 6.46. The topological polar surface area (TPSA) is 69.9 Å². The molecule has 1 aromatic heterocycles. The fraction of sp³-hybridized carbons (Fsp3) is 0.139. The molecule has 0 saturated carbocycles. The number of nitrogens with zero attached hydrogens (tertiary/aromatic N) is 2. The third-order valence-corrected chi connectivity index (χ3v) is 9.04. The highest BCUT2D eigenvalue weighted by atomic mass is 32.2. The van der Waals surface area contributed by atoms with Crippen molar-refractivity contribution in [2.45, 2.75) is 31.1 Å². The number of carbonyl (C=O) groups is 1. The summed E-state index contributed by atoms with van der Waals surface area (Å²) in [7, 11) is 0. The lowest BCUT2D eigenvalue weighted by Crippen LogP contribution is -2.39. The molecule has 0 amide bonds. The molecule has 0 fully saturated rings. The number of ether oxygens (including phenoxy) is 2. The maximum atomic E-state index is 14.0. The minimum atomic E-state index is -0.665. The molecule has 4 aromatic carbocycles. The van der Waals surface area contributed by atoms with Crippen LogP contribution in [0.15, 0.2) is 135 Å². The van der Waals surface area contributed by atoms with Crippen LogP contribution in [0, 0.1) is 0 Å². The van der Waals surface area contributed by atoms with Gasteiger partial charge in [0, 0.05) is 4.90 Å². The Morgan fingerprint density at radius 2 is 1.52 bits per heavy atom. The molecule has 1 unspecified atom stereocenters. The van der Waals surface area contributed by atoms with E-state index in [0.29, 0.717) is 27.2 Å². The van der Waals surface area contributed by atoms with Crippen LogP contribution in [0.2, 0.25) is 0 Å². The number of benzene rings is 4. The number of carbonyl (C=O) groups excluding carboxylic acids is 1. The minimum Gasteiger partial charge on any atom is -0.489 e. The van der Waals surface area contributed by atoms with Crippen molar-refractivity contribution < 1.29 is 14.3 Å². The van der Waals surface area contributed by atoms with Gasteiger partial charge >= 0.3 is 5.97 Å². The zero-order chi connectivity index (χ0) is 30.5. The fourth-order valence-corrected chi connectivity index (χ4v) is 6.49. The van der Waals surface area contributed by atoms with E-state index in [4.69, 9.17) is 14.5 Å². The van der Waals surface area contributed by atoms with Gasteiger partial charge in [-0.3, -0.25) is 9.36 Å². The lowest BCUT2D eigenvalue weighted by Gasteiger charge is -2.25. The number of aromatic nitrogens is 1. The molecule has 6 nitrogen and oxygen atoms in total. The standard InChI is InChI=1S/C36H30N2O4S2/c1-24-32(35(40)42-23-27-11-7-4-8-12-27)33(28-15-19-30(43-2)20-16-28)38-34(39)31(44-36(38)37-24)21-25-13-17-29(18-14-25)41-22-26-9-5-3-6-10-26/h3-21,33H,22-23H2,1-2H3. The Labute approximate surface area is 263 Å². The highest BCUT2D eigenvalue weighted by Crippen LogP contribution is 2.32. The Hall–Kier alpha value is -4.66. The predicted octanol–water partition coefficient (Wildman–Crippen LogP) is 6.28. The molecule has 1 atom stereocenters. The largest absolute Gasteiger partial charge is 0.489 e. The summed E-state index contributed by atoms with van der Waals surface area (Å²) >= 11 is 2.94. The van der Waals surface area contributed by atoms with E-state index < -0.39 is 12.0 Å². The van der Waals surface area contributed by atoms with E-state index >= 15 is 0 Å². The van der Waals surface area contributed by atoms with Crippen molar-refractivity contribution in [1.29, 1.82) is 0 Å². The summed E-state index contributed by atoms with van der Waals surface area (Å²) < 4.78 is 13.8. The number of rotatable bonds is 9. The normalized spacial score (nSPS) is 14.6. The van der Waals surface area contributed by atoms with Crippen LogP contribution in [0.3, 0.4) is 0 Å². The second kappa shape index (κ2) is 13.3. The average Bonchev–Trinajstić information content (AvgIpc) is 3.37. The van der Waals surface area contributed by atoms with E-state index in [2.05, 4.69) is 0 Å². The Morgan fingerprint density at radius 1 is 0.886 bits per heavy atom. The number of hydrogen-bond acceptors (Lipinski definition) is 7. The summed E-state index contributed by atoms with van der Waals surface area (Å²) in [5.41, 5.74) is 4.34. The SMILES string of the molecule is CSc1ccc(C2C(C(=O)OCc3ccccc3)=C(C)N=c3sc(=Cc4ccc(OCc5ccccc5)cc4)c(=O)n32)cc1. The molecular formula is C36H30N2O4S2. The second-order valence-electron chi connectivity index (χ2n) is 10.3. The predicted molar refractivity (Wildman–Crippen MR) is 175 cm³/mol. The second-order valence-corrected chi connectivity index (χ2v) is 12.1. The summed E-state index contributed by atoms with van der Waals surface area (Å²) in [5.74, 6) is 0.254. The first kappa shape index (κ1) is 29.4. The van der Waals surface area contributed by atoms with Crippen LogP contribution >= 0.6 is 23.1 Å². The van der Waals surface area contributed by atoms with Gasteiger partial charge in [-0.15, -0.1) is 11.8 Å². The lowest BCUT2D eigenvalue weighted by molar-refractivity contribution is -0.140. The van der Waals surface area contributed by atoms with Crippen LogP contribution in [-0.2, 0) is 22.7 Å². The first-order valence-corrected chi connectivity index (χ1v) is 16.2. The van der Waals surface area contributed by atoms with Crippen molar-refractivity contribution in [2.75, 3.05) is 6.26 Å². The van der Waals surface area contributed by atoms with Gasteiger partial charge in [-0.1, -0.05) is 96.3 Å². The number of hydrogen-bond donors (Lipinski definition) is 0. The Morgan fingerprint density at radius 3 is 2.16 bits per heavy atom. The van der Waals surface area contributed by atoms with E-state index in [0.717, 1.165) is 32.9 Å². The Balaban J connectivity index is 1.33. The number of esters is 1. The number of thioether (sulfide) groups is 1. The number of fused-ring (bicyclic) bond motifs is 1. The van der Waals surface area contributed by atoms with E-state index in [9.17, 15) is 9.59 Å². The van der Waals surface area contributed by atoms with Gasteiger partial charge in [0.2, 0.25) is 0 Å². The Kier molecular flexibility index (Phi) is 8.91. The van der Waals surface area contributed by atoms with Gasteiger partial charge in [-0.25, -0.2) is 9.79 Å². The van der Waals surface area contributed by atoms with Gasteiger partial charge < -0.3 is 9.47 Å². The third-order valence-electron chi connectivity index (χ3n) is 7.31. The van der Waals surface area contributed by atoms with Crippen LogP contribution < -0.4 is 19.6 Å². The molecule has 1 aliphatic heterocycles. The quantitative estimate of drug-likeness (QED) is 0.144. The molecule has 2 heterocycles. The molecule has 0 radical (unpaired) electrons. The number of allylic oxidation sites excluding steroid dienone is 1. The molecule has 0 saturated heterocycles. The fourth-order valence-electron chi connectivity index (χ4n) is 5.04. The summed E-state index contributed by atoms with van der Waals surface area (Å²) in [6, 6.07) is 34.4. The maximum absolute atomic E-state index is 14.0. The summed E-state index contributed by atoms with van der Waals surface area (Å²) in [6.45, 7) is 2.41. The summed E-state index contributed by atoms with van der Waals surface area (Å²) in [5, 5.41) is 0. The molecule has 8 heteroatoms. The van der Waals surface area contributed by atoms with Gasteiger partial charge in [-0.2, -0.15) is 0 Å². The summed E-state index contributed by atoms with van der Waals surface area (Å²) in [6.07, 6.45) is 3.86. The molecule has 0 N–H and O–H groups in total. The van der Waals surface area contributed by atoms with Crippen LogP contribution in [0.5, 0.6) is 5.75 Å². The minimum absolute atomic E-state index is 0.129. The highest BCUT2D eigenvalue weighted by molar-refractivity contribution is 7.98. The van der Waals surface area contributed by atoms with Crippen molar-refractivity contribution >= 4 is 35.1 Å². The van der Waals surface area contributed by atoms with E-state index in [-0.39, 0.29) is 12.2 Å². The molecule has 0 aliphatic carbocycles. The van der Waals surface area contributed by atoms with Crippen molar-refractivity contribution in [1.82, 2.24) is 4.57 Å². The van der Waals surface area contributed by atoms with Crippen molar-refractivity contribution in [3.05, 3.63) is 162 Å². The Bertz CT molecular complexity index is 1980. The number of thiazole rings is 1. The van der Waals surface area contributed by atoms with Gasteiger partial charge in [0.1, 0.15) is 19.0 Å². The molecule has 1 aliphatic rings. The van der Waals surface area contributed by atoms with Crippen molar-refractivity contribution in [3.63, 3.8) is 0 Å². The zero-order valence-corrected chi connectivity index (χ0v) is 25.9. The molecule has 44 heavy (non-hydrogen) atoms. The van der Waals surface area contributed by atoms with Crippen LogP contribution in [-0.4, -0.2) is 16.8 Å². The van der Waals surface area contributed by atoms with Crippen LogP contribution in [0.4, 0.5) is 0 Å². The average molecular weight is 619 g/mol. The highest BCUT2D eigenvalue weighted by Gasteiger charge is 2.33. The summed E-state index contributed by atoms with van der Waals surface area (Å²) in [4.78, 5) is 33.9. The van der Waals surface area contributed by atoms with Gasteiger partial charge in [0.15, 0.2) is 4.80 Å². The lowest BCUT2D eigenvalue weighted by atomic mass is 9.96. The van der Waals surface area contributed by atoms with Gasteiger partial charge in [-0.05, 0) is 65.8 Å². The smallest absolute Gasteiger partial charge is 0.338 e. The van der Waals surface area contributed by atoms with E-state index in [1.807, 2.05) is 122 Å². The molecule has 0 bridgehead atoms. The maximum Gasteiger partial charge on any atom is 0.338 e. The zero-order valence-electron chi connectivity index (χ0n) is 24.3. The molecular weight excluding hydrogens is 589 g/mol. The first-order valence-electron chi connectivity index (χ1n) is 14.1. The van der Waals surface area contributed by atoms with Crippen molar-refractivity contribution in [3.8, 4) is 5.75 Å². The van der Waals surface area contributed by atoms with Crippen LogP contribution in [0.25, 0.3) is 6.08 Å². The van der Waals surface area contributed by atoms with Crippen molar-refractivity contribution in [2.24, 2.45) is 4.99 Å². The van der Waals surface area contributed by atoms with Crippen LogP contribution in [0.1, 0.15) is 35.2 Å². The van der Waals surface area contributed by atoms with Gasteiger partial charge in [0.25, 0.3) is 5.56 Å².